The first-order valence-corrected chi connectivity index (χ1v) is 10.8. The summed E-state index contributed by atoms with van der Waals surface area (Å²) in [5.41, 5.74) is 0.827. The summed E-state index contributed by atoms with van der Waals surface area (Å²) < 4.78 is 5.49. The van der Waals surface area contributed by atoms with Crippen molar-refractivity contribution in [1.29, 1.82) is 0 Å². The summed E-state index contributed by atoms with van der Waals surface area (Å²) in [6.45, 7) is 8.40. The van der Waals surface area contributed by atoms with E-state index >= 15 is 0 Å². The molecule has 0 radical (unpaired) electrons. The lowest BCUT2D eigenvalue weighted by atomic mass is 10.0. The largest absolute Gasteiger partial charge is 0.386 e. The molecule has 2 heterocycles. The fourth-order valence-electron chi connectivity index (χ4n) is 3.83. The fraction of sp³-hybridized carbons (Fsp3) is 0.667. The number of hydrogen-bond acceptors (Lipinski definition) is 4. The van der Waals surface area contributed by atoms with Crippen LogP contribution >= 0.6 is 35.6 Å². The molecule has 1 aromatic rings. The van der Waals surface area contributed by atoms with Crippen LogP contribution in [0.15, 0.2) is 29.3 Å². The first kappa shape index (κ1) is 24.7. The summed E-state index contributed by atoms with van der Waals surface area (Å²) in [6, 6.07) is 7.68. The highest BCUT2D eigenvalue weighted by Gasteiger charge is 2.24. The standard InChI is InChI=1S/C21H33ClN4O2.HI/c1-2-23-21(24-13-20(27)17-3-5-18(22)6-4-17)25-19-7-10-26(11-8-19)14-16-9-12-28-15-16;/h3-6,16,19-20,27H,2,7-15H2,1H3,(H2,23,24,25);1H. The van der Waals surface area contributed by atoms with Crippen LogP contribution in [-0.4, -0.2) is 67.9 Å². The highest BCUT2D eigenvalue weighted by atomic mass is 127. The number of benzene rings is 1. The van der Waals surface area contributed by atoms with E-state index in [9.17, 15) is 5.11 Å². The molecule has 8 heteroatoms. The Balaban J connectivity index is 0.00000300. The van der Waals surface area contributed by atoms with Crippen LogP contribution in [0, 0.1) is 5.92 Å². The predicted octanol–water partition coefficient (Wildman–Crippen LogP) is 3.05. The van der Waals surface area contributed by atoms with Gasteiger partial charge in [-0.1, -0.05) is 23.7 Å². The van der Waals surface area contributed by atoms with Crippen LogP contribution in [0.2, 0.25) is 5.02 Å². The zero-order chi connectivity index (χ0) is 19.8. The van der Waals surface area contributed by atoms with Gasteiger partial charge in [-0.2, -0.15) is 0 Å². The molecule has 2 aliphatic heterocycles. The number of ether oxygens (including phenoxy) is 1. The van der Waals surface area contributed by atoms with E-state index in [2.05, 4.69) is 27.4 Å². The molecule has 2 unspecified atom stereocenters. The highest BCUT2D eigenvalue weighted by molar-refractivity contribution is 14.0. The van der Waals surface area contributed by atoms with Crippen LogP contribution in [0.5, 0.6) is 0 Å². The van der Waals surface area contributed by atoms with Gasteiger partial charge in [0.05, 0.1) is 19.3 Å². The summed E-state index contributed by atoms with van der Waals surface area (Å²) in [5.74, 6) is 1.48. The molecule has 2 saturated heterocycles. The number of guanidine groups is 1. The highest BCUT2D eigenvalue weighted by Crippen LogP contribution is 2.18. The van der Waals surface area contributed by atoms with Gasteiger partial charge in [0.25, 0.3) is 0 Å². The normalized spacial score (nSPS) is 22.2. The van der Waals surface area contributed by atoms with Crippen molar-refractivity contribution >= 4 is 41.5 Å². The van der Waals surface area contributed by atoms with E-state index in [0.29, 0.717) is 23.5 Å². The van der Waals surface area contributed by atoms with Crippen molar-refractivity contribution in [2.75, 3.05) is 45.9 Å². The van der Waals surface area contributed by atoms with E-state index in [1.807, 2.05) is 12.1 Å². The zero-order valence-corrected chi connectivity index (χ0v) is 20.2. The average molecular weight is 537 g/mol. The van der Waals surface area contributed by atoms with Gasteiger partial charge in [0.2, 0.25) is 0 Å². The number of aliphatic hydroxyl groups excluding tert-OH is 1. The lowest BCUT2D eigenvalue weighted by Gasteiger charge is -2.34. The van der Waals surface area contributed by atoms with Gasteiger partial charge in [-0.25, -0.2) is 0 Å². The number of likely N-dealkylation sites (tertiary alicyclic amines) is 1. The number of halogens is 2. The second kappa shape index (κ2) is 12.9. The number of aliphatic hydroxyl groups is 1. The number of piperidine rings is 1. The second-order valence-corrected chi connectivity index (χ2v) is 8.17. The lowest BCUT2D eigenvalue weighted by molar-refractivity contribution is 0.150. The average Bonchev–Trinajstić information content (AvgIpc) is 3.21. The van der Waals surface area contributed by atoms with E-state index in [1.165, 1.54) is 6.42 Å². The van der Waals surface area contributed by atoms with Gasteiger partial charge in [-0.3, -0.25) is 4.99 Å². The third kappa shape index (κ3) is 8.20. The Labute approximate surface area is 196 Å². The summed E-state index contributed by atoms with van der Waals surface area (Å²) in [7, 11) is 0. The van der Waals surface area contributed by atoms with Crippen LogP contribution in [0.4, 0.5) is 0 Å². The van der Waals surface area contributed by atoms with E-state index in [-0.39, 0.29) is 24.0 Å². The zero-order valence-electron chi connectivity index (χ0n) is 17.1. The Bertz CT molecular complexity index is 618. The number of nitrogens with one attached hydrogen (secondary N) is 2. The molecule has 1 aromatic carbocycles. The molecule has 3 N–H and O–H groups in total. The molecule has 0 aromatic heterocycles. The Morgan fingerprint density at radius 2 is 2.00 bits per heavy atom. The predicted molar refractivity (Wildman–Crippen MR) is 129 cm³/mol. The molecular formula is C21H34ClIN4O2. The van der Waals surface area contributed by atoms with Gasteiger partial charge in [0, 0.05) is 43.9 Å². The smallest absolute Gasteiger partial charge is 0.191 e. The van der Waals surface area contributed by atoms with Crippen molar-refractivity contribution in [1.82, 2.24) is 15.5 Å². The van der Waals surface area contributed by atoms with Crippen molar-refractivity contribution in [2.45, 2.75) is 38.3 Å². The maximum absolute atomic E-state index is 10.4. The molecule has 0 bridgehead atoms. The molecule has 0 saturated carbocycles. The SMILES string of the molecule is CCNC(=NCC(O)c1ccc(Cl)cc1)NC1CCN(CC2CCOC2)CC1.I. The fourth-order valence-corrected chi connectivity index (χ4v) is 3.96. The van der Waals surface area contributed by atoms with Crippen molar-refractivity contribution in [2.24, 2.45) is 10.9 Å². The van der Waals surface area contributed by atoms with E-state index in [0.717, 1.165) is 63.8 Å². The molecule has 0 spiro atoms. The van der Waals surface area contributed by atoms with E-state index < -0.39 is 6.10 Å². The van der Waals surface area contributed by atoms with Crippen LogP contribution < -0.4 is 10.6 Å². The minimum absolute atomic E-state index is 0. The molecule has 2 atom stereocenters. The Morgan fingerprint density at radius 3 is 2.62 bits per heavy atom. The lowest BCUT2D eigenvalue weighted by Crippen LogP contribution is -2.49. The van der Waals surface area contributed by atoms with E-state index in [1.54, 1.807) is 12.1 Å². The van der Waals surface area contributed by atoms with Gasteiger partial charge in [-0.15, -0.1) is 24.0 Å². The van der Waals surface area contributed by atoms with Crippen LogP contribution in [0.3, 0.4) is 0 Å². The molecule has 6 nitrogen and oxygen atoms in total. The van der Waals surface area contributed by atoms with Gasteiger partial charge in [0.15, 0.2) is 5.96 Å². The van der Waals surface area contributed by atoms with E-state index in [4.69, 9.17) is 16.3 Å². The van der Waals surface area contributed by atoms with Crippen LogP contribution in [0.25, 0.3) is 0 Å². The number of nitrogens with zero attached hydrogens (tertiary/aromatic N) is 2. The summed E-state index contributed by atoms with van der Waals surface area (Å²) >= 11 is 5.91. The Kier molecular flexibility index (Phi) is 11.0. The van der Waals surface area contributed by atoms with Crippen LogP contribution in [-0.2, 0) is 4.74 Å². The molecule has 0 aliphatic carbocycles. The minimum Gasteiger partial charge on any atom is -0.386 e. The van der Waals surface area contributed by atoms with Gasteiger partial charge in [0.1, 0.15) is 0 Å². The topological polar surface area (TPSA) is 69.1 Å². The molecule has 2 fully saturated rings. The van der Waals surface area contributed by atoms with Gasteiger partial charge < -0.3 is 25.4 Å². The van der Waals surface area contributed by atoms with Crippen molar-refractivity contribution in [3.63, 3.8) is 0 Å². The summed E-state index contributed by atoms with van der Waals surface area (Å²) in [5, 5.41) is 17.9. The van der Waals surface area contributed by atoms with Crippen molar-refractivity contribution in [3.8, 4) is 0 Å². The maximum atomic E-state index is 10.4. The first-order valence-electron chi connectivity index (χ1n) is 10.4. The molecule has 29 heavy (non-hydrogen) atoms. The van der Waals surface area contributed by atoms with Crippen molar-refractivity contribution in [3.05, 3.63) is 34.9 Å². The molecule has 2 aliphatic rings. The third-order valence-corrected chi connectivity index (χ3v) is 5.74. The van der Waals surface area contributed by atoms with Gasteiger partial charge in [-0.05, 0) is 49.8 Å². The third-order valence-electron chi connectivity index (χ3n) is 5.49. The minimum atomic E-state index is -0.636. The Hall–Kier alpha value is -0.610. The molecule has 3 rings (SSSR count). The van der Waals surface area contributed by atoms with Crippen LogP contribution in [0.1, 0.15) is 37.9 Å². The second-order valence-electron chi connectivity index (χ2n) is 7.74. The molecular weight excluding hydrogens is 503 g/mol. The summed E-state index contributed by atoms with van der Waals surface area (Å²) in [6.07, 6.45) is 2.78. The molecule has 0 amide bonds. The van der Waals surface area contributed by atoms with Gasteiger partial charge >= 0.3 is 0 Å². The number of hydrogen-bond donors (Lipinski definition) is 3. The quantitative estimate of drug-likeness (QED) is 0.284. The van der Waals surface area contributed by atoms with Crippen molar-refractivity contribution < 1.29 is 9.84 Å². The maximum Gasteiger partial charge on any atom is 0.191 e. The first-order chi connectivity index (χ1) is 13.6. The Morgan fingerprint density at radius 1 is 1.28 bits per heavy atom. The monoisotopic (exact) mass is 536 g/mol. The summed E-state index contributed by atoms with van der Waals surface area (Å²) in [4.78, 5) is 7.15. The molecule has 164 valence electrons. The number of rotatable bonds is 7. The number of aliphatic imine (C=N–C) groups is 1.